The molecule has 0 atom stereocenters. The van der Waals surface area contributed by atoms with Gasteiger partial charge in [-0.2, -0.15) is 0 Å². The maximum atomic E-state index is 6.15. The first-order chi connectivity index (χ1) is 8.63. The summed E-state index contributed by atoms with van der Waals surface area (Å²) < 4.78 is 7.24. The van der Waals surface area contributed by atoms with E-state index in [1.165, 1.54) is 0 Å². The molecule has 92 valence electrons. The number of rotatable bonds is 2. The molecule has 0 radical (unpaired) electrons. The fourth-order valence-electron chi connectivity index (χ4n) is 2.02. The van der Waals surface area contributed by atoms with Gasteiger partial charge in [0.2, 0.25) is 0 Å². The molecule has 0 aliphatic rings. The molecule has 0 unspecified atom stereocenters. The minimum absolute atomic E-state index is 0.612. The molecule has 18 heavy (non-hydrogen) atoms. The average molecular weight is 281 g/mol. The third-order valence-corrected chi connectivity index (χ3v) is 3.34. The summed E-state index contributed by atoms with van der Waals surface area (Å²) in [4.78, 5) is 0. The van der Waals surface area contributed by atoms with Crippen molar-refractivity contribution in [3.63, 3.8) is 0 Å². The van der Waals surface area contributed by atoms with Crippen LogP contribution in [0.3, 0.4) is 0 Å². The molecule has 0 amide bonds. The van der Waals surface area contributed by atoms with Crippen molar-refractivity contribution in [2.75, 3.05) is 0 Å². The van der Waals surface area contributed by atoms with Crippen LogP contribution in [0.25, 0.3) is 10.9 Å². The monoisotopic (exact) mass is 280 g/mol. The fourth-order valence-corrected chi connectivity index (χ4v) is 2.56. The van der Waals surface area contributed by atoms with Gasteiger partial charge in [-0.15, -0.1) is 0 Å². The summed E-state index contributed by atoms with van der Waals surface area (Å²) in [7, 11) is 0. The highest BCUT2D eigenvalue weighted by atomic mass is 35.5. The molecule has 0 spiro atoms. The van der Waals surface area contributed by atoms with Crippen LogP contribution >= 0.6 is 23.2 Å². The zero-order chi connectivity index (χ0) is 12.7. The number of benzene rings is 1. The smallest absolute Gasteiger partial charge is 0.156 e. The Balaban J connectivity index is 2.07. The van der Waals surface area contributed by atoms with Crippen LogP contribution in [0.1, 0.15) is 11.5 Å². The zero-order valence-corrected chi connectivity index (χ0v) is 11.2. The molecule has 5 heteroatoms. The Kier molecular flexibility index (Phi) is 2.80. The molecule has 2 heterocycles. The predicted octanol–water partition coefficient (Wildman–Crippen LogP) is 4.29. The van der Waals surface area contributed by atoms with Crippen LogP contribution in [0.5, 0.6) is 0 Å². The van der Waals surface area contributed by atoms with E-state index in [-0.39, 0.29) is 0 Å². The summed E-state index contributed by atoms with van der Waals surface area (Å²) in [6.07, 6.45) is 1.96. The maximum Gasteiger partial charge on any atom is 0.156 e. The van der Waals surface area contributed by atoms with Gasteiger partial charge in [-0.3, -0.25) is 0 Å². The number of nitrogens with zero attached hydrogens (tertiary/aromatic N) is 2. The Morgan fingerprint density at radius 1 is 1.28 bits per heavy atom. The van der Waals surface area contributed by atoms with Crippen LogP contribution in [0.15, 0.2) is 35.0 Å². The lowest BCUT2D eigenvalue weighted by Gasteiger charge is -2.03. The normalized spacial score (nSPS) is 11.3. The number of hydrogen-bond acceptors (Lipinski definition) is 2. The lowest BCUT2D eigenvalue weighted by atomic mass is 10.2. The van der Waals surface area contributed by atoms with Crippen molar-refractivity contribution in [3.8, 4) is 0 Å². The Bertz CT molecular complexity index is 715. The molecule has 0 aliphatic carbocycles. The van der Waals surface area contributed by atoms with Gasteiger partial charge in [-0.25, -0.2) is 0 Å². The van der Waals surface area contributed by atoms with E-state index in [4.69, 9.17) is 27.7 Å². The Hall–Kier alpha value is -1.45. The van der Waals surface area contributed by atoms with Gasteiger partial charge in [0.05, 0.1) is 22.8 Å². The van der Waals surface area contributed by atoms with Gasteiger partial charge < -0.3 is 9.09 Å². The predicted molar refractivity (Wildman–Crippen MR) is 72.3 cm³/mol. The molecular formula is C13H10Cl2N2O. The molecule has 1 aromatic carbocycles. The van der Waals surface area contributed by atoms with Crippen LogP contribution in [0.2, 0.25) is 10.0 Å². The van der Waals surface area contributed by atoms with Crippen molar-refractivity contribution in [2.45, 2.75) is 13.5 Å². The van der Waals surface area contributed by atoms with Crippen molar-refractivity contribution >= 4 is 34.1 Å². The van der Waals surface area contributed by atoms with Gasteiger partial charge in [0.25, 0.3) is 0 Å². The van der Waals surface area contributed by atoms with E-state index in [1.54, 1.807) is 6.07 Å². The number of aromatic nitrogens is 2. The average Bonchev–Trinajstić information content (AvgIpc) is 2.87. The van der Waals surface area contributed by atoms with E-state index < -0.39 is 0 Å². The zero-order valence-electron chi connectivity index (χ0n) is 9.65. The summed E-state index contributed by atoms with van der Waals surface area (Å²) in [6.45, 7) is 2.51. The van der Waals surface area contributed by atoms with E-state index in [0.717, 1.165) is 22.4 Å². The molecule has 2 aromatic heterocycles. The summed E-state index contributed by atoms with van der Waals surface area (Å²) in [5.41, 5.74) is 1.86. The lowest BCUT2D eigenvalue weighted by molar-refractivity contribution is 0.374. The number of halogens is 2. The highest BCUT2D eigenvalue weighted by molar-refractivity contribution is 6.38. The van der Waals surface area contributed by atoms with Crippen molar-refractivity contribution < 1.29 is 4.52 Å². The van der Waals surface area contributed by atoms with Gasteiger partial charge in [-0.1, -0.05) is 28.4 Å². The fraction of sp³-hybridized carbons (Fsp3) is 0.154. The molecule has 0 N–H and O–H groups in total. The SMILES string of the molecule is Cc1cc(Cn2ccc3c(Cl)cc(Cl)cc32)on1. The molecule has 3 aromatic rings. The van der Waals surface area contributed by atoms with Crippen LogP contribution in [0, 0.1) is 6.92 Å². The Morgan fingerprint density at radius 2 is 2.11 bits per heavy atom. The molecule has 0 fully saturated rings. The minimum Gasteiger partial charge on any atom is -0.359 e. The van der Waals surface area contributed by atoms with Gasteiger partial charge in [0.1, 0.15) is 0 Å². The second-order valence-corrected chi connectivity index (χ2v) is 5.04. The van der Waals surface area contributed by atoms with Gasteiger partial charge in [0.15, 0.2) is 5.76 Å². The summed E-state index contributed by atoms with van der Waals surface area (Å²) in [5, 5.41) is 6.14. The summed E-state index contributed by atoms with van der Waals surface area (Å²) >= 11 is 12.2. The van der Waals surface area contributed by atoms with Crippen LogP contribution in [0.4, 0.5) is 0 Å². The Morgan fingerprint density at radius 3 is 2.83 bits per heavy atom. The topological polar surface area (TPSA) is 31.0 Å². The molecule has 0 saturated carbocycles. The molecule has 3 nitrogen and oxygen atoms in total. The van der Waals surface area contributed by atoms with Gasteiger partial charge in [-0.05, 0) is 25.1 Å². The molecule has 0 bridgehead atoms. The number of aryl methyl sites for hydroxylation is 1. The minimum atomic E-state index is 0.612. The number of fused-ring (bicyclic) bond motifs is 1. The van der Waals surface area contributed by atoms with Gasteiger partial charge in [0, 0.05) is 22.7 Å². The first-order valence-corrected chi connectivity index (χ1v) is 6.25. The largest absolute Gasteiger partial charge is 0.359 e. The van der Waals surface area contributed by atoms with Crippen LogP contribution < -0.4 is 0 Å². The standard InChI is InChI=1S/C13H10Cl2N2O/c1-8-4-10(18-16-8)7-17-3-2-11-12(15)5-9(14)6-13(11)17/h2-6H,7H2,1H3. The highest BCUT2D eigenvalue weighted by Gasteiger charge is 2.08. The van der Waals surface area contributed by atoms with Crippen molar-refractivity contribution in [3.05, 3.63) is 52.0 Å². The van der Waals surface area contributed by atoms with Crippen molar-refractivity contribution in [1.29, 1.82) is 0 Å². The van der Waals surface area contributed by atoms with E-state index >= 15 is 0 Å². The first-order valence-electron chi connectivity index (χ1n) is 5.49. The maximum absolute atomic E-state index is 6.15. The summed E-state index contributed by atoms with van der Waals surface area (Å²) in [6, 6.07) is 7.52. The summed E-state index contributed by atoms with van der Waals surface area (Å²) in [5.74, 6) is 0.807. The highest BCUT2D eigenvalue weighted by Crippen LogP contribution is 2.29. The molecule has 3 rings (SSSR count). The first kappa shape index (κ1) is 11.6. The number of hydrogen-bond donors (Lipinski definition) is 0. The second-order valence-electron chi connectivity index (χ2n) is 4.20. The Labute approximate surface area is 114 Å². The van der Waals surface area contributed by atoms with Gasteiger partial charge >= 0.3 is 0 Å². The van der Waals surface area contributed by atoms with Crippen molar-refractivity contribution in [1.82, 2.24) is 9.72 Å². The molecule has 0 saturated heterocycles. The van der Waals surface area contributed by atoms with E-state index in [0.29, 0.717) is 16.6 Å². The third kappa shape index (κ3) is 2.00. The van der Waals surface area contributed by atoms with E-state index in [9.17, 15) is 0 Å². The van der Waals surface area contributed by atoms with E-state index in [2.05, 4.69) is 5.16 Å². The van der Waals surface area contributed by atoms with E-state index in [1.807, 2.05) is 35.9 Å². The second kappa shape index (κ2) is 4.34. The van der Waals surface area contributed by atoms with Crippen LogP contribution in [-0.2, 0) is 6.54 Å². The molecular weight excluding hydrogens is 271 g/mol. The molecule has 0 aliphatic heterocycles. The lowest BCUT2D eigenvalue weighted by Crippen LogP contribution is -1.96. The van der Waals surface area contributed by atoms with Crippen LogP contribution in [-0.4, -0.2) is 9.72 Å². The quantitative estimate of drug-likeness (QED) is 0.701. The van der Waals surface area contributed by atoms with Crippen molar-refractivity contribution in [2.24, 2.45) is 0 Å². The third-order valence-electron chi connectivity index (χ3n) is 2.81.